The van der Waals surface area contributed by atoms with Crippen molar-refractivity contribution in [3.05, 3.63) is 42.0 Å². The first-order valence-corrected chi connectivity index (χ1v) is 12.3. The van der Waals surface area contributed by atoms with Gasteiger partial charge >= 0.3 is 5.97 Å². The molecule has 2 saturated carbocycles. The van der Waals surface area contributed by atoms with E-state index in [4.69, 9.17) is 10.5 Å². The van der Waals surface area contributed by atoms with Crippen LogP contribution in [0.2, 0.25) is 0 Å². The topological polar surface area (TPSA) is 127 Å². The average Bonchev–Trinajstić information content (AvgIpc) is 3.44. The average molecular weight is 464 g/mol. The monoisotopic (exact) mass is 463 g/mol. The van der Waals surface area contributed by atoms with Gasteiger partial charge in [-0.1, -0.05) is 19.9 Å². The van der Waals surface area contributed by atoms with Crippen molar-refractivity contribution in [2.75, 3.05) is 5.73 Å². The number of phenols is 1. The Bertz CT molecular complexity index is 1190. The van der Waals surface area contributed by atoms with E-state index in [0.29, 0.717) is 46.9 Å². The van der Waals surface area contributed by atoms with Crippen LogP contribution < -0.4 is 5.73 Å². The molecule has 0 spiro atoms. The Morgan fingerprint density at radius 2 is 2.09 bits per heavy atom. The van der Waals surface area contributed by atoms with Crippen molar-refractivity contribution >= 4 is 23.0 Å². The number of aromatic hydroxyl groups is 1. The number of fused-ring (bicyclic) bond motifs is 6. The third kappa shape index (κ3) is 3.89. The zero-order valence-corrected chi connectivity index (χ0v) is 19.8. The van der Waals surface area contributed by atoms with Gasteiger partial charge in [0, 0.05) is 11.8 Å². The molecule has 3 aliphatic carbocycles. The van der Waals surface area contributed by atoms with Crippen LogP contribution in [0, 0.1) is 17.3 Å². The van der Waals surface area contributed by atoms with Gasteiger partial charge in [-0.25, -0.2) is 15.0 Å². The molecule has 0 aliphatic heterocycles. The third-order valence-corrected chi connectivity index (χ3v) is 8.44. The summed E-state index contributed by atoms with van der Waals surface area (Å²) < 4.78 is 5.83. The number of aryl methyl sites for hydroxylation is 1. The fourth-order valence-electron chi connectivity index (χ4n) is 6.74. The molecule has 4 N–H and O–H groups in total. The highest BCUT2D eigenvalue weighted by Crippen LogP contribution is 2.61. The Hall–Kier alpha value is -3.16. The summed E-state index contributed by atoms with van der Waals surface area (Å²) in [7, 11) is 0. The number of phenolic OH excluding ortho intramolecular Hbond substituents is 1. The number of nitrogen functional groups attached to an aromatic ring is 1. The maximum Gasteiger partial charge on any atom is 0.305 e. The van der Waals surface area contributed by atoms with Gasteiger partial charge in [0.15, 0.2) is 11.5 Å². The Kier molecular flexibility index (Phi) is 5.91. The minimum atomic E-state index is -0.0477. The Labute approximate surface area is 199 Å². The number of esters is 1. The second-order valence-electron chi connectivity index (χ2n) is 10.1. The summed E-state index contributed by atoms with van der Waals surface area (Å²) in [4.78, 5) is 26.2. The van der Waals surface area contributed by atoms with Gasteiger partial charge in [0.2, 0.25) is 0 Å². The zero-order chi connectivity index (χ0) is 23.9. The van der Waals surface area contributed by atoms with Crippen LogP contribution >= 0.6 is 0 Å². The highest BCUT2D eigenvalue weighted by atomic mass is 16.5. The fourth-order valence-corrected chi connectivity index (χ4v) is 6.74. The Morgan fingerprint density at radius 3 is 2.88 bits per heavy atom. The molecule has 8 nitrogen and oxygen atoms in total. The predicted octanol–water partition coefficient (Wildman–Crippen LogP) is 4.51. The summed E-state index contributed by atoms with van der Waals surface area (Å²) in [5.41, 5.74) is 9.73. The molecule has 2 aromatic heterocycles. The van der Waals surface area contributed by atoms with Gasteiger partial charge < -0.3 is 20.6 Å². The van der Waals surface area contributed by atoms with Crippen molar-refractivity contribution in [3.8, 4) is 5.75 Å². The van der Waals surface area contributed by atoms with Crippen LogP contribution in [-0.4, -0.2) is 37.1 Å². The van der Waals surface area contributed by atoms with Crippen LogP contribution in [0.1, 0.15) is 69.4 Å². The van der Waals surface area contributed by atoms with Crippen molar-refractivity contribution in [1.29, 1.82) is 0 Å². The maximum absolute atomic E-state index is 11.8. The van der Waals surface area contributed by atoms with Crippen LogP contribution in [0.3, 0.4) is 0 Å². The Morgan fingerprint density at radius 1 is 1.24 bits per heavy atom. The summed E-state index contributed by atoms with van der Waals surface area (Å²) in [6, 6.07) is 5.95. The number of benzene rings is 1. The van der Waals surface area contributed by atoms with E-state index in [0.717, 1.165) is 19.3 Å². The van der Waals surface area contributed by atoms with E-state index in [1.54, 1.807) is 0 Å². The first kappa shape index (κ1) is 22.6. The molecule has 2 heterocycles. The van der Waals surface area contributed by atoms with Crippen molar-refractivity contribution in [3.63, 3.8) is 0 Å². The highest BCUT2D eigenvalue weighted by Gasteiger charge is 2.56. The lowest BCUT2D eigenvalue weighted by Crippen LogP contribution is -2.45. The van der Waals surface area contributed by atoms with Crippen molar-refractivity contribution in [2.24, 2.45) is 17.3 Å². The molecule has 0 radical (unpaired) electrons. The summed E-state index contributed by atoms with van der Waals surface area (Å²) >= 11 is 0. The molecule has 5 unspecified atom stereocenters. The number of nitrogens with zero attached hydrogens (tertiary/aromatic N) is 3. The van der Waals surface area contributed by atoms with E-state index in [9.17, 15) is 9.90 Å². The summed E-state index contributed by atoms with van der Waals surface area (Å²) in [6.45, 7) is 4.24. The first-order valence-electron chi connectivity index (χ1n) is 12.3. The number of imidazole rings is 1. The number of nitrogens with one attached hydrogen (secondary N) is 1. The number of nitrogens with two attached hydrogens (primary N) is 1. The Balaban J connectivity index is 0.000000200. The second-order valence-corrected chi connectivity index (χ2v) is 10.1. The van der Waals surface area contributed by atoms with E-state index in [2.05, 4.69) is 32.9 Å². The number of ether oxygens (including phenoxy) is 1. The molecule has 34 heavy (non-hydrogen) atoms. The van der Waals surface area contributed by atoms with E-state index in [-0.39, 0.29) is 17.5 Å². The van der Waals surface area contributed by atoms with Gasteiger partial charge in [-0.15, -0.1) is 0 Å². The molecule has 3 aromatic rings. The van der Waals surface area contributed by atoms with Crippen LogP contribution in [-0.2, 0) is 16.0 Å². The zero-order valence-electron chi connectivity index (χ0n) is 19.8. The van der Waals surface area contributed by atoms with Crippen molar-refractivity contribution in [1.82, 2.24) is 19.9 Å². The molecule has 6 rings (SSSR count). The molecule has 3 aliphatic rings. The molecule has 180 valence electrons. The molecule has 2 fully saturated rings. The first-order chi connectivity index (χ1) is 16.4. The minimum absolute atomic E-state index is 0.0477. The van der Waals surface area contributed by atoms with Crippen molar-refractivity contribution in [2.45, 2.75) is 70.8 Å². The summed E-state index contributed by atoms with van der Waals surface area (Å²) in [5.74, 6) is 2.75. The molecule has 0 amide bonds. The number of H-pyrrole nitrogens is 1. The van der Waals surface area contributed by atoms with Crippen LogP contribution in [0.5, 0.6) is 5.75 Å². The predicted molar refractivity (Wildman–Crippen MR) is 129 cm³/mol. The van der Waals surface area contributed by atoms with Crippen LogP contribution in [0.15, 0.2) is 30.9 Å². The lowest BCUT2D eigenvalue weighted by molar-refractivity contribution is -0.157. The lowest BCUT2D eigenvalue weighted by Gasteiger charge is -2.50. The van der Waals surface area contributed by atoms with Gasteiger partial charge in [-0.2, -0.15) is 0 Å². The molecule has 0 saturated heterocycles. The van der Waals surface area contributed by atoms with Crippen LogP contribution in [0.25, 0.3) is 11.2 Å². The molecule has 8 heteroatoms. The van der Waals surface area contributed by atoms with E-state index in [1.165, 1.54) is 43.0 Å². The lowest BCUT2D eigenvalue weighted by atomic mass is 9.55. The van der Waals surface area contributed by atoms with E-state index in [1.807, 2.05) is 19.1 Å². The number of hydrogen-bond donors (Lipinski definition) is 3. The number of aromatic amines is 1. The molecule has 5 atom stereocenters. The smallest absolute Gasteiger partial charge is 0.305 e. The van der Waals surface area contributed by atoms with Gasteiger partial charge in [-0.3, -0.25) is 4.79 Å². The number of carbonyl (C=O) groups is 1. The normalized spacial score (nSPS) is 29.4. The van der Waals surface area contributed by atoms with Crippen molar-refractivity contribution < 1.29 is 14.6 Å². The van der Waals surface area contributed by atoms with Gasteiger partial charge in [0.25, 0.3) is 0 Å². The van der Waals surface area contributed by atoms with Gasteiger partial charge in [0.05, 0.1) is 6.33 Å². The second kappa shape index (κ2) is 8.89. The number of carbonyl (C=O) groups excluding carboxylic acids is 1. The molecular formula is C26H33N5O3. The fraction of sp³-hybridized carbons (Fsp3) is 0.538. The van der Waals surface area contributed by atoms with E-state index < -0.39 is 0 Å². The van der Waals surface area contributed by atoms with E-state index >= 15 is 0 Å². The molecule has 0 bridgehead atoms. The SMILES string of the molecule is CCC(=O)OC1CCC2C3CCc4cc(O)ccc4C3CCC12C.Nc1ncnc2nc[nH]c12. The standard InChI is InChI=1S/C21H28O3.C5H5N5/c1-3-20(23)24-19-9-8-18-17-6-4-13-12-14(22)5-7-15(13)16(17)10-11-21(18,19)2;6-4-3-5(9-1-7-3)10-2-8-4/h5,7,12,16-19,22H,3-4,6,8-11H2,1-2H3;1-2H,(H3,6,7,8,9,10). The molecule has 1 aromatic carbocycles. The third-order valence-electron chi connectivity index (χ3n) is 8.44. The number of anilines is 1. The molecular weight excluding hydrogens is 430 g/mol. The van der Waals surface area contributed by atoms with Gasteiger partial charge in [0.1, 0.15) is 23.7 Å². The summed E-state index contributed by atoms with van der Waals surface area (Å²) in [5, 5.41) is 9.77. The summed E-state index contributed by atoms with van der Waals surface area (Å²) in [6.07, 6.45) is 10.3. The number of hydrogen-bond acceptors (Lipinski definition) is 7. The van der Waals surface area contributed by atoms with Crippen LogP contribution in [0.4, 0.5) is 5.82 Å². The maximum atomic E-state index is 11.8. The van der Waals surface area contributed by atoms with Gasteiger partial charge in [-0.05, 0) is 79.5 Å². The number of rotatable bonds is 2. The largest absolute Gasteiger partial charge is 0.508 e. The number of aromatic nitrogens is 4. The minimum Gasteiger partial charge on any atom is -0.508 e. The highest BCUT2D eigenvalue weighted by molar-refractivity contribution is 5.80. The quantitative estimate of drug-likeness (QED) is 0.477.